The lowest BCUT2D eigenvalue weighted by Gasteiger charge is -2.00. The smallest absolute Gasteiger partial charge is 0.430 e. The predicted octanol–water partition coefficient (Wildman–Crippen LogP) is 0.311. The summed E-state index contributed by atoms with van der Waals surface area (Å²) in [6.07, 6.45) is 0.469. The number of hydrogen-bond acceptors (Lipinski definition) is 4. The van der Waals surface area contributed by atoms with Crippen molar-refractivity contribution in [1.82, 2.24) is 0 Å². The van der Waals surface area contributed by atoms with E-state index in [0.717, 1.165) is 13.0 Å². The summed E-state index contributed by atoms with van der Waals surface area (Å²) < 4.78 is 14.3. The minimum absolute atomic E-state index is 0.0694. The Balaban J connectivity index is 1.77. The summed E-state index contributed by atoms with van der Waals surface area (Å²) in [4.78, 5) is 10.4. The third-order valence-electron chi connectivity index (χ3n) is 1.58. The molecule has 2 rings (SSSR count). The Kier molecular flexibility index (Phi) is 1.27. The Labute approximate surface area is 58.1 Å². The highest BCUT2D eigenvalue weighted by Crippen LogP contribution is 2.20. The monoisotopic (exact) mass is 144 g/mol. The fourth-order valence-corrected chi connectivity index (χ4v) is 0.979. The molecule has 0 aromatic rings. The molecule has 2 atom stereocenters. The lowest BCUT2D eigenvalue weighted by molar-refractivity contribution is 0.114. The molecule has 0 aromatic heterocycles. The Hall–Kier alpha value is -0.770. The first-order valence-electron chi connectivity index (χ1n) is 3.29. The minimum atomic E-state index is -0.550. The summed E-state index contributed by atoms with van der Waals surface area (Å²) >= 11 is 0. The maximum absolute atomic E-state index is 10.4. The molecule has 0 radical (unpaired) electrons. The van der Waals surface area contributed by atoms with Crippen LogP contribution in [0, 0.1) is 0 Å². The third kappa shape index (κ3) is 1.21. The van der Waals surface area contributed by atoms with Gasteiger partial charge in [-0.3, -0.25) is 0 Å². The maximum Gasteiger partial charge on any atom is 0.508 e. The van der Waals surface area contributed by atoms with Crippen LogP contribution >= 0.6 is 0 Å². The highest BCUT2D eigenvalue weighted by Gasteiger charge is 2.33. The number of hydrogen-bond donors (Lipinski definition) is 0. The molecule has 4 nitrogen and oxygen atoms in total. The largest absolute Gasteiger partial charge is 0.508 e. The van der Waals surface area contributed by atoms with E-state index in [4.69, 9.17) is 9.47 Å². The molecular formula is C6H8O4. The number of carbonyl (C=O) groups is 1. The fourth-order valence-electron chi connectivity index (χ4n) is 0.979. The second-order valence-electron chi connectivity index (χ2n) is 2.49. The van der Waals surface area contributed by atoms with Crippen molar-refractivity contribution in [2.45, 2.75) is 18.6 Å². The Morgan fingerprint density at radius 1 is 1.40 bits per heavy atom. The Morgan fingerprint density at radius 2 is 2.20 bits per heavy atom. The van der Waals surface area contributed by atoms with Crippen LogP contribution in [0.15, 0.2) is 0 Å². The van der Waals surface area contributed by atoms with Crippen molar-refractivity contribution in [3.8, 4) is 0 Å². The highest BCUT2D eigenvalue weighted by molar-refractivity contribution is 5.61. The molecule has 2 aliphatic rings. The van der Waals surface area contributed by atoms with E-state index in [2.05, 4.69) is 4.74 Å². The van der Waals surface area contributed by atoms with Gasteiger partial charge in [-0.05, 0) is 0 Å². The first kappa shape index (κ1) is 5.97. The summed E-state index contributed by atoms with van der Waals surface area (Å²) in [6.45, 7) is 1.19. The number of epoxide rings is 1. The van der Waals surface area contributed by atoms with Crippen molar-refractivity contribution in [2.24, 2.45) is 0 Å². The average molecular weight is 144 g/mol. The molecule has 2 saturated heterocycles. The molecular weight excluding hydrogens is 136 g/mol. The first-order valence-corrected chi connectivity index (χ1v) is 3.29. The molecule has 0 amide bonds. The quantitative estimate of drug-likeness (QED) is 0.413. The van der Waals surface area contributed by atoms with Crippen LogP contribution in [0.3, 0.4) is 0 Å². The second-order valence-corrected chi connectivity index (χ2v) is 2.49. The maximum atomic E-state index is 10.4. The van der Waals surface area contributed by atoms with Gasteiger partial charge in [-0.2, -0.15) is 0 Å². The Bertz CT molecular complexity index is 152. The lowest BCUT2D eigenvalue weighted by atomic mass is 10.2. The predicted molar refractivity (Wildman–Crippen MR) is 30.6 cm³/mol. The van der Waals surface area contributed by atoms with Crippen LogP contribution in [0.25, 0.3) is 0 Å². The van der Waals surface area contributed by atoms with Crippen molar-refractivity contribution in [2.75, 3.05) is 13.2 Å². The lowest BCUT2D eigenvalue weighted by Crippen LogP contribution is -2.12. The number of carbonyl (C=O) groups excluding carboxylic acids is 1. The molecule has 0 N–H and O–H groups in total. The third-order valence-corrected chi connectivity index (χ3v) is 1.58. The summed E-state index contributed by atoms with van der Waals surface area (Å²) in [7, 11) is 0. The molecule has 56 valence electrons. The number of ether oxygens (including phenoxy) is 3. The van der Waals surface area contributed by atoms with Crippen LogP contribution in [-0.4, -0.2) is 31.6 Å². The van der Waals surface area contributed by atoms with Gasteiger partial charge in [0.2, 0.25) is 0 Å². The minimum Gasteiger partial charge on any atom is -0.430 e. The van der Waals surface area contributed by atoms with Gasteiger partial charge in [-0.15, -0.1) is 0 Å². The van der Waals surface area contributed by atoms with Gasteiger partial charge in [0.1, 0.15) is 12.7 Å². The van der Waals surface area contributed by atoms with Crippen LogP contribution in [0.1, 0.15) is 6.42 Å². The molecule has 0 saturated carbocycles. The van der Waals surface area contributed by atoms with Crippen molar-refractivity contribution in [3.63, 3.8) is 0 Å². The van der Waals surface area contributed by atoms with Crippen LogP contribution in [-0.2, 0) is 14.2 Å². The van der Waals surface area contributed by atoms with Crippen molar-refractivity contribution < 1.29 is 19.0 Å². The Morgan fingerprint density at radius 3 is 2.70 bits per heavy atom. The van der Waals surface area contributed by atoms with E-state index >= 15 is 0 Å². The fraction of sp³-hybridized carbons (Fsp3) is 0.833. The highest BCUT2D eigenvalue weighted by atomic mass is 16.8. The molecule has 2 aliphatic heterocycles. The van der Waals surface area contributed by atoms with E-state index in [-0.39, 0.29) is 6.10 Å². The summed E-state index contributed by atoms with van der Waals surface area (Å²) in [5.41, 5.74) is 0. The second kappa shape index (κ2) is 2.12. The molecule has 0 bridgehead atoms. The standard InChI is InChI=1S/C6H8O4/c7-6-9-3-5(10-6)1-4-2-8-4/h4-5H,1-3H2. The number of cyclic esters (lactones) is 2. The van der Waals surface area contributed by atoms with Gasteiger partial charge in [-0.25, -0.2) is 4.79 Å². The molecule has 2 heterocycles. The van der Waals surface area contributed by atoms with Crippen molar-refractivity contribution in [1.29, 1.82) is 0 Å². The molecule has 10 heavy (non-hydrogen) atoms. The number of rotatable bonds is 2. The van der Waals surface area contributed by atoms with Gasteiger partial charge in [0.05, 0.1) is 12.7 Å². The van der Waals surface area contributed by atoms with Gasteiger partial charge in [0, 0.05) is 6.42 Å². The van der Waals surface area contributed by atoms with E-state index in [9.17, 15) is 4.79 Å². The van der Waals surface area contributed by atoms with E-state index in [1.54, 1.807) is 0 Å². The SMILES string of the molecule is O=C1OCC(CC2CO2)O1. The van der Waals surface area contributed by atoms with Gasteiger partial charge < -0.3 is 14.2 Å². The van der Waals surface area contributed by atoms with Gasteiger partial charge >= 0.3 is 6.16 Å². The summed E-state index contributed by atoms with van der Waals surface area (Å²) in [5.74, 6) is 0. The molecule has 0 spiro atoms. The van der Waals surface area contributed by atoms with E-state index in [1.165, 1.54) is 0 Å². The molecule has 2 unspecified atom stereocenters. The van der Waals surface area contributed by atoms with E-state index in [0.29, 0.717) is 12.7 Å². The molecule has 2 fully saturated rings. The van der Waals surface area contributed by atoms with Gasteiger partial charge in [-0.1, -0.05) is 0 Å². The summed E-state index contributed by atoms with van der Waals surface area (Å²) in [6, 6.07) is 0. The van der Waals surface area contributed by atoms with Crippen LogP contribution in [0.4, 0.5) is 4.79 Å². The topological polar surface area (TPSA) is 48.1 Å². The van der Waals surface area contributed by atoms with Gasteiger partial charge in [0.25, 0.3) is 0 Å². The van der Waals surface area contributed by atoms with Crippen LogP contribution in [0.5, 0.6) is 0 Å². The van der Waals surface area contributed by atoms with Crippen LogP contribution in [0.2, 0.25) is 0 Å². The zero-order valence-electron chi connectivity index (χ0n) is 5.41. The van der Waals surface area contributed by atoms with Crippen LogP contribution < -0.4 is 0 Å². The molecule has 4 heteroatoms. The summed E-state index contributed by atoms with van der Waals surface area (Å²) in [5, 5.41) is 0. The zero-order chi connectivity index (χ0) is 6.97. The van der Waals surface area contributed by atoms with Gasteiger partial charge in [0.15, 0.2) is 0 Å². The van der Waals surface area contributed by atoms with E-state index in [1.807, 2.05) is 0 Å². The van der Waals surface area contributed by atoms with Crippen molar-refractivity contribution in [3.05, 3.63) is 0 Å². The first-order chi connectivity index (χ1) is 4.84. The van der Waals surface area contributed by atoms with E-state index < -0.39 is 6.16 Å². The zero-order valence-corrected chi connectivity index (χ0v) is 5.41. The molecule has 0 aliphatic carbocycles. The van der Waals surface area contributed by atoms with Crippen molar-refractivity contribution >= 4 is 6.16 Å². The molecule has 0 aromatic carbocycles. The normalized spacial score (nSPS) is 37.0. The average Bonchev–Trinajstić information content (AvgIpc) is 2.59.